The van der Waals surface area contributed by atoms with Crippen LogP contribution in [0.2, 0.25) is 0 Å². The molecule has 1 unspecified atom stereocenters. The first-order valence-corrected chi connectivity index (χ1v) is 10.6. The van der Waals surface area contributed by atoms with Gasteiger partial charge in [0.2, 0.25) is 0 Å². The van der Waals surface area contributed by atoms with Gasteiger partial charge in [-0.25, -0.2) is 0 Å². The van der Waals surface area contributed by atoms with E-state index >= 15 is 0 Å². The van der Waals surface area contributed by atoms with Crippen molar-refractivity contribution in [3.8, 4) is 11.5 Å². The highest BCUT2D eigenvalue weighted by Crippen LogP contribution is 2.24. The Bertz CT molecular complexity index is 818. The third kappa shape index (κ3) is 6.35. The van der Waals surface area contributed by atoms with Gasteiger partial charge in [0.15, 0.2) is 5.96 Å². The van der Waals surface area contributed by atoms with E-state index < -0.39 is 0 Å². The molecule has 7 nitrogen and oxygen atoms in total. The van der Waals surface area contributed by atoms with Gasteiger partial charge in [-0.3, -0.25) is 9.89 Å². The summed E-state index contributed by atoms with van der Waals surface area (Å²) in [6.07, 6.45) is 0. The van der Waals surface area contributed by atoms with E-state index in [1.54, 1.807) is 14.2 Å². The predicted octanol–water partition coefficient (Wildman–Crippen LogP) is 2.78. The molecule has 0 radical (unpaired) electrons. The number of ether oxygens (including phenoxy) is 3. The molecule has 2 aromatic carbocycles. The molecule has 1 N–H and O–H groups in total. The Hall–Kier alpha value is -2.77. The van der Waals surface area contributed by atoms with Crippen LogP contribution in [0.25, 0.3) is 0 Å². The van der Waals surface area contributed by atoms with Gasteiger partial charge in [0.1, 0.15) is 11.5 Å². The van der Waals surface area contributed by atoms with Crippen LogP contribution in [0.5, 0.6) is 11.5 Å². The van der Waals surface area contributed by atoms with Crippen LogP contribution >= 0.6 is 0 Å². The minimum atomic E-state index is 0.223. The highest BCUT2D eigenvalue weighted by molar-refractivity contribution is 5.79. The number of hydrogen-bond donors (Lipinski definition) is 1. The van der Waals surface area contributed by atoms with E-state index in [9.17, 15) is 0 Å². The highest BCUT2D eigenvalue weighted by Gasteiger charge is 2.23. The van der Waals surface area contributed by atoms with Gasteiger partial charge in [-0.2, -0.15) is 0 Å². The molecule has 1 fully saturated rings. The van der Waals surface area contributed by atoms with Gasteiger partial charge >= 0.3 is 0 Å². The smallest absolute Gasteiger partial charge is 0.193 e. The fourth-order valence-electron chi connectivity index (χ4n) is 3.83. The largest absolute Gasteiger partial charge is 0.497 e. The van der Waals surface area contributed by atoms with Gasteiger partial charge < -0.3 is 24.4 Å². The third-order valence-corrected chi connectivity index (χ3v) is 5.59. The molecular formula is C24H34N4O3. The van der Waals surface area contributed by atoms with Crippen LogP contribution in [0.1, 0.15) is 17.2 Å². The molecule has 0 bridgehead atoms. The lowest BCUT2D eigenvalue weighted by atomic mass is 10.0. The SMILES string of the molecule is CN=C(NCC(c1ccc(OC)cc1)N1CCOCC1)N(C)Cc1ccc(OC)cc1. The fraction of sp³-hybridized carbons (Fsp3) is 0.458. The molecular weight excluding hydrogens is 392 g/mol. The van der Waals surface area contributed by atoms with Crippen molar-refractivity contribution in [2.75, 3.05) is 61.2 Å². The normalized spacial score (nSPS) is 15.9. The van der Waals surface area contributed by atoms with E-state index in [1.165, 1.54) is 11.1 Å². The average molecular weight is 427 g/mol. The maximum atomic E-state index is 5.57. The summed E-state index contributed by atoms with van der Waals surface area (Å²) in [7, 11) is 7.25. The number of morpholine rings is 1. The average Bonchev–Trinajstić information content (AvgIpc) is 2.83. The second kappa shape index (κ2) is 11.6. The molecule has 0 aromatic heterocycles. The van der Waals surface area contributed by atoms with Crippen molar-refractivity contribution in [3.63, 3.8) is 0 Å². The number of benzene rings is 2. The van der Waals surface area contributed by atoms with Crippen LogP contribution in [0.15, 0.2) is 53.5 Å². The molecule has 0 amide bonds. The summed E-state index contributed by atoms with van der Waals surface area (Å²) in [5.41, 5.74) is 2.45. The standard InChI is InChI=1S/C24H34N4O3/c1-25-24(27(2)18-19-5-9-21(29-3)10-6-19)26-17-23(28-13-15-31-16-14-28)20-7-11-22(30-4)12-8-20/h5-12,23H,13-18H2,1-4H3,(H,25,26). The lowest BCUT2D eigenvalue weighted by molar-refractivity contribution is 0.0169. The summed E-state index contributed by atoms with van der Waals surface area (Å²) in [5, 5.41) is 3.57. The summed E-state index contributed by atoms with van der Waals surface area (Å²) in [5.74, 6) is 2.59. The summed E-state index contributed by atoms with van der Waals surface area (Å²) in [4.78, 5) is 9.10. The van der Waals surface area contributed by atoms with Gasteiger partial charge in [-0.05, 0) is 35.4 Å². The maximum absolute atomic E-state index is 5.57. The second-order valence-corrected chi connectivity index (χ2v) is 7.57. The van der Waals surface area contributed by atoms with E-state index in [2.05, 4.69) is 51.4 Å². The van der Waals surface area contributed by atoms with Crippen molar-refractivity contribution in [3.05, 3.63) is 59.7 Å². The number of aliphatic imine (C=N–C) groups is 1. The first-order chi connectivity index (χ1) is 15.1. The van der Waals surface area contributed by atoms with Gasteiger partial charge in [-0.1, -0.05) is 24.3 Å². The quantitative estimate of drug-likeness (QED) is 0.518. The van der Waals surface area contributed by atoms with Crippen molar-refractivity contribution in [1.82, 2.24) is 15.1 Å². The monoisotopic (exact) mass is 426 g/mol. The zero-order chi connectivity index (χ0) is 22.1. The van der Waals surface area contributed by atoms with Crippen molar-refractivity contribution < 1.29 is 14.2 Å². The van der Waals surface area contributed by atoms with E-state index in [0.717, 1.165) is 56.9 Å². The molecule has 1 saturated heterocycles. The number of hydrogen-bond acceptors (Lipinski definition) is 5. The lowest BCUT2D eigenvalue weighted by Gasteiger charge is -2.35. The first-order valence-electron chi connectivity index (χ1n) is 10.6. The summed E-state index contributed by atoms with van der Waals surface area (Å²) in [6.45, 7) is 4.87. The molecule has 7 heteroatoms. The minimum absolute atomic E-state index is 0.223. The topological polar surface area (TPSA) is 58.6 Å². The Morgan fingerprint density at radius 1 is 1.03 bits per heavy atom. The Labute approximate surface area is 185 Å². The van der Waals surface area contributed by atoms with E-state index in [4.69, 9.17) is 14.2 Å². The van der Waals surface area contributed by atoms with Crippen LogP contribution in [-0.2, 0) is 11.3 Å². The molecule has 0 spiro atoms. The van der Waals surface area contributed by atoms with Crippen molar-refractivity contribution in [1.29, 1.82) is 0 Å². The molecule has 0 aliphatic carbocycles. The molecule has 168 valence electrons. The Balaban J connectivity index is 1.67. The van der Waals surface area contributed by atoms with Crippen molar-refractivity contribution in [2.45, 2.75) is 12.6 Å². The molecule has 2 aromatic rings. The third-order valence-electron chi connectivity index (χ3n) is 5.59. The van der Waals surface area contributed by atoms with Gasteiger partial charge in [0.05, 0.1) is 33.5 Å². The zero-order valence-corrected chi connectivity index (χ0v) is 19.0. The zero-order valence-electron chi connectivity index (χ0n) is 19.0. The summed E-state index contributed by atoms with van der Waals surface area (Å²) < 4.78 is 16.1. The van der Waals surface area contributed by atoms with Crippen LogP contribution < -0.4 is 14.8 Å². The molecule has 1 aliphatic heterocycles. The summed E-state index contributed by atoms with van der Waals surface area (Å²) >= 11 is 0. The van der Waals surface area contributed by atoms with E-state index in [0.29, 0.717) is 0 Å². The van der Waals surface area contributed by atoms with Crippen LogP contribution in [0, 0.1) is 0 Å². The van der Waals surface area contributed by atoms with Crippen LogP contribution in [0.3, 0.4) is 0 Å². The Kier molecular flexibility index (Phi) is 8.55. The minimum Gasteiger partial charge on any atom is -0.497 e. The Morgan fingerprint density at radius 3 is 2.16 bits per heavy atom. The number of nitrogens with one attached hydrogen (secondary N) is 1. The number of nitrogens with zero attached hydrogens (tertiary/aromatic N) is 3. The van der Waals surface area contributed by atoms with Gasteiger partial charge in [0.25, 0.3) is 0 Å². The van der Waals surface area contributed by atoms with E-state index in [1.807, 2.05) is 31.3 Å². The van der Waals surface area contributed by atoms with Gasteiger partial charge in [-0.15, -0.1) is 0 Å². The Morgan fingerprint density at radius 2 is 1.61 bits per heavy atom. The lowest BCUT2D eigenvalue weighted by Crippen LogP contribution is -2.46. The molecule has 1 aliphatic rings. The van der Waals surface area contributed by atoms with Crippen LogP contribution in [-0.4, -0.2) is 76.9 Å². The van der Waals surface area contributed by atoms with Crippen molar-refractivity contribution >= 4 is 5.96 Å². The molecule has 1 heterocycles. The molecule has 31 heavy (non-hydrogen) atoms. The number of guanidine groups is 1. The molecule has 0 saturated carbocycles. The number of rotatable bonds is 8. The molecule has 1 atom stereocenters. The maximum Gasteiger partial charge on any atom is 0.193 e. The highest BCUT2D eigenvalue weighted by atomic mass is 16.5. The number of methoxy groups -OCH3 is 2. The fourth-order valence-corrected chi connectivity index (χ4v) is 3.83. The second-order valence-electron chi connectivity index (χ2n) is 7.57. The predicted molar refractivity (Wildman–Crippen MR) is 124 cm³/mol. The first kappa shape index (κ1) is 22.9. The summed E-state index contributed by atoms with van der Waals surface area (Å²) in [6, 6.07) is 16.7. The van der Waals surface area contributed by atoms with Crippen molar-refractivity contribution in [2.24, 2.45) is 4.99 Å². The van der Waals surface area contributed by atoms with E-state index in [-0.39, 0.29) is 6.04 Å². The molecule has 3 rings (SSSR count). The van der Waals surface area contributed by atoms with Gasteiger partial charge in [0, 0.05) is 40.3 Å². The van der Waals surface area contributed by atoms with Crippen LogP contribution in [0.4, 0.5) is 0 Å².